The van der Waals surface area contributed by atoms with Gasteiger partial charge >= 0.3 is 5.97 Å². The smallest absolute Gasteiger partial charge is 0.357 e. The van der Waals surface area contributed by atoms with Crippen molar-refractivity contribution < 1.29 is 18.3 Å². The van der Waals surface area contributed by atoms with Gasteiger partial charge in [0.15, 0.2) is 5.69 Å². The highest BCUT2D eigenvalue weighted by Crippen LogP contribution is 2.30. The van der Waals surface area contributed by atoms with Crippen molar-refractivity contribution in [2.45, 2.75) is 13.3 Å². The molecule has 1 heterocycles. The summed E-state index contributed by atoms with van der Waals surface area (Å²) in [4.78, 5) is 14.9. The summed E-state index contributed by atoms with van der Waals surface area (Å²) >= 11 is 5.56. The molecule has 0 bridgehead atoms. The first-order chi connectivity index (χ1) is 8.02. The van der Waals surface area contributed by atoms with Gasteiger partial charge < -0.3 is 4.74 Å². The zero-order valence-electron chi connectivity index (χ0n) is 8.71. The summed E-state index contributed by atoms with van der Waals surface area (Å²) in [5.74, 6) is -1.00. The third-order valence-corrected chi connectivity index (χ3v) is 2.16. The van der Waals surface area contributed by atoms with Crippen molar-refractivity contribution in [3.8, 4) is 6.07 Å². The van der Waals surface area contributed by atoms with E-state index < -0.39 is 29.2 Å². The number of pyridine rings is 1. The molecule has 0 N–H and O–H groups in total. The fourth-order valence-corrected chi connectivity index (χ4v) is 1.38. The van der Waals surface area contributed by atoms with Crippen LogP contribution in [0.2, 0.25) is 5.02 Å². The molecule has 17 heavy (non-hydrogen) atoms. The van der Waals surface area contributed by atoms with E-state index >= 15 is 0 Å². The maximum atomic E-state index is 12.8. The number of hydrogen-bond acceptors (Lipinski definition) is 4. The Hall–Kier alpha value is -1.74. The number of alkyl halides is 2. The van der Waals surface area contributed by atoms with E-state index in [0.717, 1.165) is 6.20 Å². The van der Waals surface area contributed by atoms with Crippen LogP contribution in [0.4, 0.5) is 8.78 Å². The van der Waals surface area contributed by atoms with Crippen LogP contribution in [0.25, 0.3) is 0 Å². The highest BCUT2D eigenvalue weighted by Gasteiger charge is 2.26. The molecule has 0 amide bonds. The summed E-state index contributed by atoms with van der Waals surface area (Å²) in [5, 5.41) is 8.51. The van der Waals surface area contributed by atoms with Gasteiger partial charge in [0.2, 0.25) is 0 Å². The van der Waals surface area contributed by atoms with Crippen LogP contribution in [0.15, 0.2) is 6.20 Å². The third kappa shape index (κ3) is 2.68. The topological polar surface area (TPSA) is 63.0 Å². The van der Waals surface area contributed by atoms with E-state index in [1.54, 1.807) is 0 Å². The Balaban J connectivity index is 3.42. The molecule has 90 valence electrons. The second-order valence-electron chi connectivity index (χ2n) is 2.88. The van der Waals surface area contributed by atoms with Gasteiger partial charge in [-0.2, -0.15) is 5.26 Å². The summed E-state index contributed by atoms with van der Waals surface area (Å²) in [7, 11) is 0. The van der Waals surface area contributed by atoms with Crippen molar-refractivity contribution in [3.05, 3.63) is 28.0 Å². The van der Waals surface area contributed by atoms with E-state index in [-0.39, 0.29) is 11.6 Å². The maximum Gasteiger partial charge on any atom is 0.357 e. The first kappa shape index (κ1) is 13.3. The lowest BCUT2D eigenvalue weighted by molar-refractivity contribution is 0.0507. The molecule has 0 atom stereocenters. The predicted octanol–water partition coefficient (Wildman–Crippen LogP) is 2.72. The molecule has 0 saturated heterocycles. The minimum Gasteiger partial charge on any atom is -0.461 e. The minimum atomic E-state index is -3.03. The second kappa shape index (κ2) is 5.55. The second-order valence-corrected chi connectivity index (χ2v) is 3.28. The first-order valence-corrected chi connectivity index (χ1v) is 4.94. The van der Waals surface area contributed by atoms with Gasteiger partial charge in [-0.1, -0.05) is 11.6 Å². The Kier molecular flexibility index (Phi) is 4.35. The summed E-state index contributed by atoms with van der Waals surface area (Å²) < 4.78 is 30.2. The zero-order valence-corrected chi connectivity index (χ0v) is 9.46. The molecule has 1 aromatic rings. The van der Waals surface area contributed by atoms with E-state index in [4.69, 9.17) is 16.9 Å². The molecule has 0 radical (unpaired) electrons. The monoisotopic (exact) mass is 260 g/mol. The number of rotatable bonds is 3. The zero-order chi connectivity index (χ0) is 13.0. The Morgan fingerprint density at radius 3 is 2.82 bits per heavy atom. The van der Waals surface area contributed by atoms with Crippen molar-refractivity contribution in [1.82, 2.24) is 4.98 Å². The number of aromatic nitrogens is 1. The number of esters is 1. The molecule has 0 saturated carbocycles. The molecule has 0 spiro atoms. The summed E-state index contributed by atoms with van der Waals surface area (Å²) in [6, 6.07) is 1.52. The standard InChI is InChI=1S/C10H7ClF2N2O2/c1-2-17-10(16)8-7(9(12)13)5(3-14)6(11)4-15-8/h4,9H,2H2,1H3. The van der Waals surface area contributed by atoms with Crippen molar-refractivity contribution in [2.75, 3.05) is 6.61 Å². The SMILES string of the molecule is CCOC(=O)c1ncc(Cl)c(C#N)c1C(F)F. The van der Waals surface area contributed by atoms with Gasteiger partial charge in [-0.15, -0.1) is 0 Å². The lowest BCUT2D eigenvalue weighted by atomic mass is 10.1. The molecular weight excluding hydrogens is 254 g/mol. The van der Waals surface area contributed by atoms with Crippen LogP contribution in [0.3, 0.4) is 0 Å². The fraction of sp³-hybridized carbons (Fsp3) is 0.300. The number of ether oxygens (including phenoxy) is 1. The van der Waals surface area contributed by atoms with Crippen molar-refractivity contribution in [2.24, 2.45) is 0 Å². The van der Waals surface area contributed by atoms with Gasteiger partial charge in [0.05, 0.1) is 22.8 Å². The van der Waals surface area contributed by atoms with E-state index in [2.05, 4.69) is 9.72 Å². The molecule has 0 unspecified atom stereocenters. The third-order valence-electron chi connectivity index (χ3n) is 1.87. The van der Waals surface area contributed by atoms with Crippen LogP contribution in [0, 0.1) is 11.3 Å². The van der Waals surface area contributed by atoms with Crippen LogP contribution in [0.5, 0.6) is 0 Å². The van der Waals surface area contributed by atoms with Crippen molar-refractivity contribution in [1.29, 1.82) is 5.26 Å². The lowest BCUT2D eigenvalue weighted by Gasteiger charge is -2.09. The maximum absolute atomic E-state index is 12.8. The number of nitriles is 1. The van der Waals surface area contributed by atoms with Crippen LogP contribution in [-0.2, 0) is 4.74 Å². The highest BCUT2D eigenvalue weighted by molar-refractivity contribution is 6.31. The molecule has 0 aromatic carbocycles. The van der Waals surface area contributed by atoms with Crippen LogP contribution in [0.1, 0.15) is 35.0 Å². The predicted molar refractivity (Wildman–Crippen MR) is 54.9 cm³/mol. The lowest BCUT2D eigenvalue weighted by Crippen LogP contribution is -2.12. The van der Waals surface area contributed by atoms with E-state index in [0.29, 0.717) is 0 Å². The Morgan fingerprint density at radius 2 is 2.35 bits per heavy atom. The molecule has 0 aliphatic rings. The van der Waals surface area contributed by atoms with Crippen molar-refractivity contribution in [3.63, 3.8) is 0 Å². The molecular formula is C10H7ClF2N2O2. The van der Waals surface area contributed by atoms with Gasteiger partial charge in [0.1, 0.15) is 6.07 Å². The van der Waals surface area contributed by atoms with Gasteiger partial charge in [0.25, 0.3) is 6.43 Å². The van der Waals surface area contributed by atoms with E-state index in [9.17, 15) is 13.6 Å². The van der Waals surface area contributed by atoms with Gasteiger partial charge in [0, 0.05) is 6.20 Å². The van der Waals surface area contributed by atoms with E-state index in [1.165, 1.54) is 13.0 Å². The summed E-state index contributed by atoms with van der Waals surface area (Å²) in [5.41, 5.74) is -1.83. The molecule has 0 aliphatic heterocycles. The van der Waals surface area contributed by atoms with Gasteiger partial charge in [-0.25, -0.2) is 18.6 Å². The van der Waals surface area contributed by atoms with Gasteiger partial charge in [-0.3, -0.25) is 0 Å². The number of nitrogens with zero attached hydrogens (tertiary/aromatic N) is 2. The summed E-state index contributed by atoms with van der Waals surface area (Å²) in [6.45, 7) is 1.55. The average Bonchev–Trinajstić information content (AvgIpc) is 2.28. The van der Waals surface area contributed by atoms with Crippen LogP contribution in [-0.4, -0.2) is 17.6 Å². The van der Waals surface area contributed by atoms with Gasteiger partial charge in [-0.05, 0) is 6.92 Å². The Labute approximate surface area is 101 Å². The van der Waals surface area contributed by atoms with Crippen molar-refractivity contribution >= 4 is 17.6 Å². The summed E-state index contributed by atoms with van der Waals surface area (Å²) in [6.07, 6.45) is -2.06. The quantitative estimate of drug-likeness (QED) is 0.784. The fourth-order valence-electron chi connectivity index (χ4n) is 1.19. The molecule has 0 aliphatic carbocycles. The molecule has 0 fully saturated rings. The van der Waals surface area contributed by atoms with Crippen LogP contribution < -0.4 is 0 Å². The number of carbonyl (C=O) groups excluding carboxylic acids is 1. The number of halogens is 3. The molecule has 7 heteroatoms. The van der Waals surface area contributed by atoms with Crippen LogP contribution >= 0.6 is 11.6 Å². The first-order valence-electron chi connectivity index (χ1n) is 4.56. The number of hydrogen-bond donors (Lipinski definition) is 0. The Bertz CT molecular complexity index is 486. The molecule has 4 nitrogen and oxygen atoms in total. The molecule has 1 rings (SSSR count). The van der Waals surface area contributed by atoms with E-state index in [1.807, 2.05) is 0 Å². The highest BCUT2D eigenvalue weighted by atomic mass is 35.5. The largest absolute Gasteiger partial charge is 0.461 e. The number of carbonyl (C=O) groups is 1. The normalized spacial score (nSPS) is 10.1. The molecule has 1 aromatic heterocycles. The Morgan fingerprint density at radius 1 is 1.71 bits per heavy atom. The average molecular weight is 261 g/mol. The minimum absolute atomic E-state index is 0.0215.